The average molecular weight is 294 g/mol. The molecule has 1 N–H and O–H groups in total. The summed E-state index contributed by atoms with van der Waals surface area (Å²) in [4.78, 5) is 15.0. The van der Waals surface area contributed by atoms with Gasteiger partial charge in [-0.05, 0) is 44.4 Å². The molecule has 0 bridgehead atoms. The Morgan fingerprint density at radius 2 is 1.76 bits per heavy atom. The summed E-state index contributed by atoms with van der Waals surface area (Å²) in [7, 11) is 0. The smallest absolute Gasteiger partial charge is 0.241 e. The predicted molar refractivity (Wildman–Crippen MR) is 88.0 cm³/mol. The molecule has 2 unspecified atom stereocenters. The van der Waals surface area contributed by atoms with Gasteiger partial charge in [0.25, 0.3) is 0 Å². The van der Waals surface area contributed by atoms with Crippen LogP contribution in [-0.2, 0) is 4.79 Å². The minimum absolute atomic E-state index is 0.0864. The van der Waals surface area contributed by atoms with E-state index in [1.807, 2.05) is 0 Å². The van der Waals surface area contributed by atoms with Crippen molar-refractivity contribution in [2.24, 2.45) is 5.92 Å². The van der Waals surface area contributed by atoms with E-state index in [0.717, 1.165) is 25.2 Å². The SMILES string of the molecule is CCCCC1NC(CC)N(C2CCC(CCC)CC2)C1=O. The van der Waals surface area contributed by atoms with Crippen molar-refractivity contribution in [3.63, 3.8) is 0 Å². The fourth-order valence-corrected chi connectivity index (χ4v) is 4.20. The second-order valence-electron chi connectivity index (χ2n) is 6.99. The number of nitrogens with one attached hydrogen (secondary N) is 1. The maximum Gasteiger partial charge on any atom is 0.241 e. The van der Waals surface area contributed by atoms with Crippen LogP contribution < -0.4 is 5.32 Å². The van der Waals surface area contributed by atoms with Gasteiger partial charge in [0.1, 0.15) is 0 Å². The molecule has 2 fully saturated rings. The molecule has 0 radical (unpaired) electrons. The van der Waals surface area contributed by atoms with Gasteiger partial charge in [0.05, 0.1) is 12.2 Å². The Morgan fingerprint density at radius 1 is 1.05 bits per heavy atom. The third kappa shape index (κ3) is 4.00. The molecule has 2 aliphatic rings. The molecule has 2 rings (SSSR count). The molecule has 0 aromatic heterocycles. The Morgan fingerprint density at radius 3 is 2.33 bits per heavy atom. The van der Waals surface area contributed by atoms with Crippen molar-refractivity contribution in [3.8, 4) is 0 Å². The van der Waals surface area contributed by atoms with Crippen LogP contribution in [-0.4, -0.2) is 29.1 Å². The fraction of sp³-hybridized carbons (Fsp3) is 0.944. The standard InChI is InChI=1S/C18H34N2O/c1-4-7-9-16-18(21)20(17(6-3)19-16)15-12-10-14(8-5-2)11-13-15/h14-17,19H,4-13H2,1-3H3. The van der Waals surface area contributed by atoms with Gasteiger partial charge in [0, 0.05) is 6.04 Å². The quantitative estimate of drug-likeness (QED) is 0.767. The van der Waals surface area contributed by atoms with Gasteiger partial charge in [-0.2, -0.15) is 0 Å². The van der Waals surface area contributed by atoms with E-state index >= 15 is 0 Å². The number of amides is 1. The summed E-state index contributed by atoms with van der Waals surface area (Å²) >= 11 is 0. The van der Waals surface area contributed by atoms with Crippen molar-refractivity contribution >= 4 is 5.91 Å². The number of carbonyl (C=O) groups is 1. The summed E-state index contributed by atoms with van der Waals surface area (Å²) in [6.07, 6.45) is 12.4. The van der Waals surface area contributed by atoms with E-state index in [1.165, 1.54) is 44.9 Å². The number of carbonyl (C=O) groups excluding carboxylic acids is 1. The van der Waals surface area contributed by atoms with Crippen LogP contribution in [0.25, 0.3) is 0 Å². The summed E-state index contributed by atoms with van der Waals surface area (Å²) < 4.78 is 0. The van der Waals surface area contributed by atoms with Crippen molar-refractivity contribution < 1.29 is 4.79 Å². The molecule has 0 aromatic carbocycles. The van der Waals surface area contributed by atoms with E-state index in [0.29, 0.717) is 11.9 Å². The number of hydrogen-bond donors (Lipinski definition) is 1. The number of rotatable bonds is 7. The highest BCUT2D eigenvalue weighted by atomic mass is 16.2. The molecule has 21 heavy (non-hydrogen) atoms. The molecule has 1 heterocycles. The van der Waals surface area contributed by atoms with Crippen molar-refractivity contribution in [2.45, 2.75) is 103 Å². The zero-order valence-corrected chi connectivity index (χ0v) is 14.2. The van der Waals surface area contributed by atoms with E-state index < -0.39 is 0 Å². The first-order chi connectivity index (χ1) is 10.2. The molecule has 122 valence electrons. The summed E-state index contributed by atoms with van der Waals surface area (Å²) in [5.41, 5.74) is 0. The first kappa shape index (κ1) is 16.8. The van der Waals surface area contributed by atoms with Gasteiger partial charge in [-0.1, -0.05) is 46.5 Å². The molecule has 3 heteroatoms. The summed E-state index contributed by atoms with van der Waals surface area (Å²) in [5.74, 6) is 1.29. The van der Waals surface area contributed by atoms with Gasteiger partial charge in [0.15, 0.2) is 0 Å². The molecule has 0 spiro atoms. The van der Waals surface area contributed by atoms with Crippen LogP contribution in [0.4, 0.5) is 0 Å². The molecule has 3 nitrogen and oxygen atoms in total. The number of nitrogens with zero attached hydrogens (tertiary/aromatic N) is 1. The lowest BCUT2D eigenvalue weighted by Crippen LogP contribution is -2.45. The topological polar surface area (TPSA) is 32.3 Å². The van der Waals surface area contributed by atoms with Crippen molar-refractivity contribution in [1.82, 2.24) is 10.2 Å². The zero-order chi connectivity index (χ0) is 15.2. The second kappa shape index (κ2) is 8.17. The average Bonchev–Trinajstić information content (AvgIpc) is 2.82. The number of hydrogen-bond acceptors (Lipinski definition) is 2. The Hall–Kier alpha value is -0.570. The van der Waals surface area contributed by atoms with Gasteiger partial charge >= 0.3 is 0 Å². The van der Waals surface area contributed by atoms with E-state index in [9.17, 15) is 4.79 Å². The van der Waals surface area contributed by atoms with Crippen LogP contribution in [0.5, 0.6) is 0 Å². The Kier molecular flexibility index (Phi) is 6.53. The lowest BCUT2D eigenvalue weighted by atomic mass is 9.83. The van der Waals surface area contributed by atoms with Crippen LogP contribution in [0.2, 0.25) is 0 Å². The molecular weight excluding hydrogens is 260 g/mol. The van der Waals surface area contributed by atoms with Gasteiger partial charge < -0.3 is 4.90 Å². The summed E-state index contributed by atoms with van der Waals surface area (Å²) in [6, 6.07) is 0.581. The van der Waals surface area contributed by atoms with Gasteiger partial charge in [0.2, 0.25) is 5.91 Å². The third-order valence-electron chi connectivity index (χ3n) is 5.42. The normalized spacial score (nSPS) is 33.7. The first-order valence-corrected chi connectivity index (χ1v) is 9.29. The molecule has 1 saturated carbocycles. The first-order valence-electron chi connectivity index (χ1n) is 9.29. The van der Waals surface area contributed by atoms with Crippen LogP contribution in [0.1, 0.15) is 85.0 Å². The second-order valence-corrected chi connectivity index (χ2v) is 6.99. The summed E-state index contributed by atoms with van der Waals surface area (Å²) in [5, 5.41) is 3.59. The van der Waals surface area contributed by atoms with E-state index in [4.69, 9.17) is 0 Å². The minimum Gasteiger partial charge on any atom is -0.323 e. The molecule has 1 aliphatic carbocycles. The van der Waals surface area contributed by atoms with Crippen LogP contribution in [0, 0.1) is 5.92 Å². The lowest BCUT2D eigenvalue weighted by Gasteiger charge is -2.37. The molecule has 0 aromatic rings. The molecule has 2 atom stereocenters. The molecular formula is C18H34N2O. The van der Waals surface area contributed by atoms with E-state index in [-0.39, 0.29) is 12.2 Å². The van der Waals surface area contributed by atoms with Gasteiger partial charge in [-0.3, -0.25) is 10.1 Å². The monoisotopic (exact) mass is 294 g/mol. The van der Waals surface area contributed by atoms with E-state index in [1.54, 1.807) is 0 Å². The maximum atomic E-state index is 12.8. The number of unbranched alkanes of at least 4 members (excludes halogenated alkanes) is 1. The van der Waals surface area contributed by atoms with Crippen molar-refractivity contribution in [3.05, 3.63) is 0 Å². The lowest BCUT2D eigenvalue weighted by molar-refractivity contribution is -0.133. The van der Waals surface area contributed by atoms with Crippen LogP contribution in [0.3, 0.4) is 0 Å². The van der Waals surface area contributed by atoms with Gasteiger partial charge in [-0.15, -0.1) is 0 Å². The predicted octanol–water partition coefficient (Wildman–Crippen LogP) is 4.07. The molecule has 1 aliphatic heterocycles. The molecule has 1 saturated heterocycles. The van der Waals surface area contributed by atoms with E-state index in [2.05, 4.69) is 31.0 Å². The fourth-order valence-electron chi connectivity index (χ4n) is 4.20. The van der Waals surface area contributed by atoms with Crippen molar-refractivity contribution in [1.29, 1.82) is 0 Å². The highest BCUT2D eigenvalue weighted by Crippen LogP contribution is 2.33. The van der Waals surface area contributed by atoms with Crippen LogP contribution in [0.15, 0.2) is 0 Å². The Labute approximate surface area is 130 Å². The zero-order valence-electron chi connectivity index (χ0n) is 14.2. The minimum atomic E-state index is 0.0864. The van der Waals surface area contributed by atoms with Gasteiger partial charge in [-0.25, -0.2) is 0 Å². The highest BCUT2D eigenvalue weighted by Gasteiger charge is 2.41. The van der Waals surface area contributed by atoms with Crippen molar-refractivity contribution in [2.75, 3.05) is 0 Å². The van der Waals surface area contributed by atoms with Crippen LogP contribution >= 0.6 is 0 Å². The maximum absolute atomic E-state index is 12.8. The Bertz CT molecular complexity index is 323. The third-order valence-corrected chi connectivity index (χ3v) is 5.42. The largest absolute Gasteiger partial charge is 0.323 e. The highest BCUT2D eigenvalue weighted by molar-refractivity contribution is 5.84. The Balaban J connectivity index is 1.93. The molecule has 1 amide bonds. The summed E-state index contributed by atoms with van der Waals surface area (Å²) in [6.45, 7) is 6.68.